The van der Waals surface area contributed by atoms with Crippen LogP contribution < -0.4 is 5.32 Å². The van der Waals surface area contributed by atoms with E-state index in [1.165, 1.54) is 6.26 Å². The van der Waals surface area contributed by atoms with Crippen molar-refractivity contribution in [3.05, 3.63) is 0 Å². The number of guanidine groups is 1. The lowest BCUT2D eigenvalue weighted by atomic mass is 9.98. The highest BCUT2D eigenvalue weighted by Crippen LogP contribution is 2.19. The summed E-state index contributed by atoms with van der Waals surface area (Å²) in [6.07, 6.45) is 4.55. The number of aliphatic imine (C=N–C) groups is 1. The highest BCUT2D eigenvalue weighted by molar-refractivity contribution is 7.88. The van der Waals surface area contributed by atoms with E-state index in [-0.39, 0.29) is 12.0 Å². The zero-order valence-corrected chi connectivity index (χ0v) is 17.8. The minimum atomic E-state index is -3.08. The number of nitrogens with one attached hydrogen (secondary N) is 1. The summed E-state index contributed by atoms with van der Waals surface area (Å²) in [5, 5.41) is 3.44. The molecule has 3 fully saturated rings. The smallest absolute Gasteiger partial charge is 0.251 e. The Morgan fingerprint density at radius 2 is 1.71 bits per heavy atom. The molecule has 0 aromatic carbocycles. The first-order valence-electron chi connectivity index (χ1n) is 10.2. The Morgan fingerprint density at radius 1 is 1.07 bits per heavy atom. The van der Waals surface area contributed by atoms with Gasteiger partial charge in [0.15, 0.2) is 5.96 Å². The number of hydrogen-bond acceptors (Lipinski definition) is 5. The predicted octanol–water partition coefficient (Wildman–Crippen LogP) is -0.443. The van der Waals surface area contributed by atoms with Crippen LogP contribution in [-0.2, 0) is 19.6 Å². The number of sulfonamides is 1. The van der Waals surface area contributed by atoms with Crippen LogP contribution >= 0.6 is 0 Å². The molecule has 1 unspecified atom stereocenters. The average molecular weight is 416 g/mol. The molecule has 3 rings (SSSR count). The van der Waals surface area contributed by atoms with Gasteiger partial charge in [0.1, 0.15) is 6.10 Å². The summed E-state index contributed by atoms with van der Waals surface area (Å²) >= 11 is 0. The van der Waals surface area contributed by atoms with Crippen molar-refractivity contribution in [1.82, 2.24) is 19.4 Å². The molecule has 1 N–H and O–H groups in total. The van der Waals surface area contributed by atoms with Gasteiger partial charge in [-0.1, -0.05) is 0 Å². The van der Waals surface area contributed by atoms with Crippen molar-refractivity contribution in [3.8, 4) is 0 Å². The van der Waals surface area contributed by atoms with Gasteiger partial charge in [-0.25, -0.2) is 12.7 Å². The van der Waals surface area contributed by atoms with Crippen molar-refractivity contribution >= 4 is 21.9 Å². The molecule has 10 heteroatoms. The molecule has 3 saturated heterocycles. The van der Waals surface area contributed by atoms with E-state index in [0.717, 1.165) is 51.3 Å². The Hall–Kier alpha value is -1.39. The van der Waals surface area contributed by atoms with Crippen molar-refractivity contribution in [2.45, 2.75) is 31.8 Å². The number of amides is 1. The number of hydrogen-bond donors (Lipinski definition) is 1. The minimum Gasteiger partial charge on any atom is -0.368 e. The standard InChI is InChI=1S/C18H33N5O4S/c1-19-18(20-14-15-5-7-23(8-6-15)28(2,25)26)22-11-9-21(10-12-22)17(24)16-4-3-13-27-16/h15-16H,3-14H2,1-2H3,(H,19,20). The van der Waals surface area contributed by atoms with E-state index in [9.17, 15) is 13.2 Å². The lowest BCUT2D eigenvalue weighted by molar-refractivity contribution is -0.142. The second kappa shape index (κ2) is 9.41. The summed E-state index contributed by atoms with van der Waals surface area (Å²) in [4.78, 5) is 20.9. The van der Waals surface area contributed by atoms with Crippen LogP contribution in [0.3, 0.4) is 0 Å². The topological polar surface area (TPSA) is 94.5 Å². The third kappa shape index (κ3) is 5.36. The molecule has 3 aliphatic heterocycles. The van der Waals surface area contributed by atoms with Crippen molar-refractivity contribution in [1.29, 1.82) is 0 Å². The molecule has 0 aliphatic carbocycles. The largest absolute Gasteiger partial charge is 0.368 e. The molecule has 3 heterocycles. The Kier molecular flexibility index (Phi) is 7.16. The normalized spacial score (nSPS) is 25.9. The van der Waals surface area contributed by atoms with Crippen LogP contribution in [0, 0.1) is 5.92 Å². The van der Waals surface area contributed by atoms with Crippen molar-refractivity contribution in [2.24, 2.45) is 10.9 Å². The van der Waals surface area contributed by atoms with Crippen LogP contribution in [0.2, 0.25) is 0 Å². The van der Waals surface area contributed by atoms with Crippen LogP contribution in [0.5, 0.6) is 0 Å². The van der Waals surface area contributed by atoms with Gasteiger partial charge in [-0.2, -0.15) is 0 Å². The van der Waals surface area contributed by atoms with Gasteiger partial charge < -0.3 is 19.9 Å². The lowest BCUT2D eigenvalue weighted by Gasteiger charge is -2.38. The van der Waals surface area contributed by atoms with Gasteiger partial charge in [0.25, 0.3) is 5.91 Å². The predicted molar refractivity (Wildman–Crippen MR) is 108 cm³/mol. The molecule has 28 heavy (non-hydrogen) atoms. The van der Waals surface area contributed by atoms with E-state index in [1.54, 1.807) is 11.4 Å². The zero-order valence-electron chi connectivity index (χ0n) is 17.0. The molecule has 0 saturated carbocycles. The summed E-state index contributed by atoms with van der Waals surface area (Å²) in [6.45, 7) is 5.55. The number of ether oxygens (including phenoxy) is 1. The number of nitrogens with zero attached hydrogens (tertiary/aromatic N) is 4. The summed E-state index contributed by atoms with van der Waals surface area (Å²) < 4.78 is 30.3. The average Bonchev–Trinajstić information content (AvgIpc) is 3.23. The molecule has 0 spiro atoms. The second-order valence-electron chi connectivity index (χ2n) is 7.85. The Bertz CT molecular complexity index is 661. The number of carbonyl (C=O) groups is 1. The molecule has 0 aromatic rings. The van der Waals surface area contributed by atoms with Crippen molar-refractivity contribution in [2.75, 3.05) is 65.7 Å². The lowest BCUT2D eigenvalue weighted by Crippen LogP contribution is -2.55. The molecule has 0 radical (unpaired) electrons. The summed E-state index contributed by atoms with van der Waals surface area (Å²) in [5.41, 5.74) is 0. The first kappa shape index (κ1) is 21.3. The van der Waals surface area contributed by atoms with E-state index < -0.39 is 10.0 Å². The SMILES string of the molecule is CN=C(NCC1CCN(S(C)(=O)=O)CC1)N1CCN(C(=O)C2CCCO2)CC1. The van der Waals surface area contributed by atoms with Gasteiger partial charge in [0.2, 0.25) is 10.0 Å². The van der Waals surface area contributed by atoms with Gasteiger partial charge in [-0.15, -0.1) is 0 Å². The van der Waals surface area contributed by atoms with Crippen LogP contribution in [0.15, 0.2) is 4.99 Å². The van der Waals surface area contributed by atoms with Crippen molar-refractivity contribution in [3.63, 3.8) is 0 Å². The molecular formula is C18H33N5O4S. The monoisotopic (exact) mass is 415 g/mol. The quantitative estimate of drug-likeness (QED) is 0.494. The van der Waals surface area contributed by atoms with E-state index in [0.29, 0.717) is 38.7 Å². The minimum absolute atomic E-state index is 0.123. The Labute approximate surface area is 168 Å². The number of piperidine rings is 1. The highest BCUT2D eigenvalue weighted by Gasteiger charge is 2.31. The molecule has 1 atom stereocenters. The molecular weight excluding hydrogens is 382 g/mol. The van der Waals surface area contributed by atoms with Gasteiger partial charge in [-0.05, 0) is 31.6 Å². The third-order valence-corrected chi connectivity index (χ3v) is 7.20. The van der Waals surface area contributed by atoms with Crippen LogP contribution in [-0.4, -0.2) is 106 Å². The van der Waals surface area contributed by atoms with Gasteiger partial charge in [0.05, 0.1) is 6.26 Å². The van der Waals surface area contributed by atoms with E-state index in [1.807, 2.05) is 4.90 Å². The first-order chi connectivity index (χ1) is 13.4. The Morgan fingerprint density at radius 3 is 2.25 bits per heavy atom. The molecule has 160 valence electrons. The van der Waals surface area contributed by atoms with E-state index in [4.69, 9.17) is 4.74 Å². The first-order valence-corrected chi connectivity index (χ1v) is 12.0. The number of piperazine rings is 1. The summed E-state index contributed by atoms with van der Waals surface area (Å²) in [7, 11) is -1.30. The zero-order chi connectivity index (χ0) is 20.1. The molecule has 9 nitrogen and oxygen atoms in total. The molecule has 1 amide bonds. The van der Waals surface area contributed by atoms with E-state index >= 15 is 0 Å². The maximum atomic E-state index is 12.5. The number of carbonyl (C=O) groups excluding carboxylic acids is 1. The van der Waals surface area contributed by atoms with Crippen LogP contribution in [0.1, 0.15) is 25.7 Å². The van der Waals surface area contributed by atoms with E-state index in [2.05, 4.69) is 15.2 Å². The molecule has 3 aliphatic rings. The second-order valence-corrected chi connectivity index (χ2v) is 9.83. The maximum absolute atomic E-state index is 12.5. The third-order valence-electron chi connectivity index (χ3n) is 5.90. The fourth-order valence-corrected chi connectivity index (χ4v) is 5.00. The number of rotatable bonds is 4. The Balaban J connectivity index is 1.41. The van der Waals surface area contributed by atoms with Crippen LogP contribution in [0.4, 0.5) is 0 Å². The van der Waals surface area contributed by atoms with Crippen LogP contribution in [0.25, 0.3) is 0 Å². The van der Waals surface area contributed by atoms with Crippen molar-refractivity contribution < 1.29 is 17.9 Å². The highest BCUT2D eigenvalue weighted by atomic mass is 32.2. The summed E-state index contributed by atoms with van der Waals surface area (Å²) in [6, 6.07) is 0. The van der Waals surface area contributed by atoms with Gasteiger partial charge in [0, 0.05) is 59.5 Å². The molecule has 0 aromatic heterocycles. The fourth-order valence-electron chi connectivity index (χ4n) is 4.13. The van der Waals surface area contributed by atoms with Gasteiger partial charge >= 0.3 is 0 Å². The summed E-state index contributed by atoms with van der Waals surface area (Å²) in [5.74, 6) is 1.42. The maximum Gasteiger partial charge on any atom is 0.251 e. The molecule has 0 bridgehead atoms. The fraction of sp³-hybridized carbons (Fsp3) is 0.889. The van der Waals surface area contributed by atoms with Gasteiger partial charge in [-0.3, -0.25) is 9.79 Å².